The second-order valence-electron chi connectivity index (χ2n) is 7.52. The second-order valence-corrected chi connectivity index (χ2v) is 8.74. The lowest BCUT2D eigenvalue weighted by Crippen LogP contribution is -2.60. The van der Waals surface area contributed by atoms with Gasteiger partial charge >= 0.3 is 0 Å². The molecule has 2 aliphatic heterocycles. The Hall–Kier alpha value is -0.260. The van der Waals surface area contributed by atoms with E-state index in [0.717, 1.165) is 19.6 Å². The van der Waals surface area contributed by atoms with Crippen molar-refractivity contribution in [3.8, 4) is 0 Å². The topological polar surface area (TPSA) is 35.6 Å². The van der Waals surface area contributed by atoms with E-state index >= 15 is 0 Å². The van der Waals surface area contributed by atoms with E-state index in [9.17, 15) is 4.79 Å². The van der Waals surface area contributed by atoms with Gasteiger partial charge in [-0.2, -0.15) is 11.8 Å². The maximum Gasteiger partial charge on any atom is 0.239 e. The van der Waals surface area contributed by atoms with Crippen LogP contribution in [0.15, 0.2) is 0 Å². The van der Waals surface area contributed by atoms with Crippen LogP contribution in [0.4, 0.5) is 0 Å². The number of amides is 1. The van der Waals surface area contributed by atoms with E-state index < -0.39 is 0 Å². The molecule has 5 heteroatoms. The van der Waals surface area contributed by atoms with Gasteiger partial charge in [0.25, 0.3) is 0 Å². The summed E-state index contributed by atoms with van der Waals surface area (Å²) in [6.45, 7) is 7.40. The number of nitrogens with zero attached hydrogens (tertiary/aromatic N) is 2. The van der Waals surface area contributed by atoms with Crippen LogP contribution < -0.4 is 5.32 Å². The number of carbonyl (C=O) groups is 1. The maximum atomic E-state index is 12.5. The first-order valence-electron chi connectivity index (χ1n) is 9.56. The predicted octanol–water partition coefficient (Wildman–Crippen LogP) is 2.34. The molecule has 1 N–H and O–H groups in total. The molecule has 0 aromatic rings. The molecule has 3 rings (SSSR count). The Morgan fingerprint density at radius 2 is 1.70 bits per heavy atom. The molecule has 4 nitrogen and oxygen atoms in total. The van der Waals surface area contributed by atoms with Crippen LogP contribution in [0.3, 0.4) is 0 Å². The minimum Gasteiger partial charge on any atom is -0.341 e. The largest absolute Gasteiger partial charge is 0.341 e. The summed E-state index contributed by atoms with van der Waals surface area (Å²) in [4.78, 5) is 17.3. The third kappa shape index (κ3) is 4.23. The molecule has 1 atom stereocenters. The van der Waals surface area contributed by atoms with E-state index in [1.54, 1.807) is 0 Å². The van der Waals surface area contributed by atoms with E-state index in [4.69, 9.17) is 0 Å². The van der Waals surface area contributed by atoms with E-state index in [-0.39, 0.29) is 6.04 Å². The molecule has 1 saturated carbocycles. The fourth-order valence-electron chi connectivity index (χ4n) is 4.49. The molecule has 0 aromatic heterocycles. The smallest absolute Gasteiger partial charge is 0.239 e. The predicted molar refractivity (Wildman–Crippen MR) is 98.0 cm³/mol. The molecular weight excluding hydrogens is 306 g/mol. The minimum atomic E-state index is -0.0360. The normalized spacial score (nSPS) is 27.1. The fourth-order valence-corrected chi connectivity index (χ4v) is 5.40. The van der Waals surface area contributed by atoms with E-state index in [1.165, 1.54) is 69.5 Å². The van der Waals surface area contributed by atoms with Crippen LogP contribution in [0.1, 0.15) is 51.9 Å². The Labute approximate surface area is 145 Å². The summed E-state index contributed by atoms with van der Waals surface area (Å²) in [6.07, 6.45) is 9.03. The highest BCUT2D eigenvalue weighted by atomic mass is 32.2. The first kappa shape index (κ1) is 17.6. The molecule has 23 heavy (non-hydrogen) atoms. The van der Waals surface area contributed by atoms with Crippen LogP contribution in [-0.4, -0.2) is 71.5 Å². The molecule has 1 aliphatic carbocycles. The van der Waals surface area contributed by atoms with Gasteiger partial charge < -0.3 is 10.2 Å². The Morgan fingerprint density at radius 1 is 1.04 bits per heavy atom. The summed E-state index contributed by atoms with van der Waals surface area (Å²) in [5.41, 5.74) is 0.304. The van der Waals surface area contributed by atoms with Crippen LogP contribution in [0.25, 0.3) is 0 Å². The molecule has 132 valence electrons. The SMILES string of the molecule is C[C@@H](NCC1(N2CCSCC2)CCCCC1)C(=O)N1CCCC1. The minimum absolute atomic E-state index is 0.0360. The van der Waals surface area contributed by atoms with Crippen LogP contribution in [0.2, 0.25) is 0 Å². The molecule has 0 spiro atoms. The monoisotopic (exact) mass is 339 g/mol. The average Bonchev–Trinajstić information content (AvgIpc) is 3.15. The Kier molecular flexibility index (Phi) is 6.27. The number of carbonyl (C=O) groups excluding carboxylic acids is 1. The molecule has 0 unspecified atom stereocenters. The molecular formula is C18H33N3OS. The van der Waals surface area contributed by atoms with Crippen molar-refractivity contribution in [1.82, 2.24) is 15.1 Å². The van der Waals surface area contributed by atoms with Crippen molar-refractivity contribution in [2.75, 3.05) is 44.2 Å². The molecule has 3 aliphatic rings. The summed E-state index contributed by atoms with van der Waals surface area (Å²) >= 11 is 2.08. The second kappa shape index (κ2) is 8.21. The van der Waals surface area contributed by atoms with E-state index in [0.29, 0.717) is 11.4 Å². The summed E-state index contributed by atoms with van der Waals surface area (Å²) in [6, 6.07) is -0.0360. The molecule has 2 saturated heterocycles. The molecule has 0 aromatic carbocycles. The quantitative estimate of drug-likeness (QED) is 0.834. The summed E-state index contributed by atoms with van der Waals surface area (Å²) < 4.78 is 0. The zero-order valence-electron chi connectivity index (χ0n) is 14.7. The Bertz CT molecular complexity index is 386. The lowest BCUT2D eigenvalue weighted by atomic mass is 9.79. The summed E-state index contributed by atoms with van der Waals surface area (Å²) in [7, 11) is 0. The van der Waals surface area contributed by atoms with Crippen molar-refractivity contribution in [1.29, 1.82) is 0 Å². The van der Waals surface area contributed by atoms with Crippen molar-refractivity contribution in [2.24, 2.45) is 0 Å². The third-order valence-electron chi connectivity index (χ3n) is 5.99. The van der Waals surface area contributed by atoms with Gasteiger partial charge in [-0.15, -0.1) is 0 Å². The van der Waals surface area contributed by atoms with Crippen molar-refractivity contribution in [2.45, 2.75) is 63.5 Å². The van der Waals surface area contributed by atoms with Gasteiger partial charge in [-0.05, 0) is 32.6 Å². The van der Waals surface area contributed by atoms with Crippen molar-refractivity contribution in [3.63, 3.8) is 0 Å². The summed E-state index contributed by atoms with van der Waals surface area (Å²) in [5.74, 6) is 2.84. The fraction of sp³-hybridized carbons (Fsp3) is 0.944. The number of hydrogen-bond donors (Lipinski definition) is 1. The first-order valence-corrected chi connectivity index (χ1v) is 10.7. The van der Waals surface area contributed by atoms with Gasteiger partial charge in [0.2, 0.25) is 5.91 Å². The standard InChI is InChI=1S/C18H33N3OS/c1-16(17(22)20-9-5-6-10-20)19-15-18(7-3-2-4-8-18)21-11-13-23-14-12-21/h16,19H,2-15H2,1H3/t16-/m1/s1. The molecule has 0 radical (unpaired) electrons. The van der Waals surface area contributed by atoms with Crippen molar-refractivity contribution < 1.29 is 4.79 Å². The number of thioether (sulfide) groups is 1. The Morgan fingerprint density at radius 3 is 2.35 bits per heavy atom. The third-order valence-corrected chi connectivity index (χ3v) is 6.93. The Balaban J connectivity index is 1.58. The molecule has 0 bridgehead atoms. The highest BCUT2D eigenvalue weighted by molar-refractivity contribution is 7.99. The summed E-state index contributed by atoms with van der Waals surface area (Å²) in [5, 5.41) is 3.63. The lowest BCUT2D eigenvalue weighted by Gasteiger charge is -2.48. The average molecular weight is 340 g/mol. The highest BCUT2D eigenvalue weighted by Crippen LogP contribution is 2.35. The van der Waals surface area contributed by atoms with Crippen LogP contribution in [-0.2, 0) is 4.79 Å². The number of hydrogen-bond acceptors (Lipinski definition) is 4. The van der Waals surface area contributed by atoms with Gasteiger partial charge in [-0.3, -0.25) is 9.69 Å². The zero-order valence-corrected chi connectivity index (χ0v) is 15.5. The van der Waals surface area contributed by atoms with E-state index in [2.05, 4.69) is 28.9 Å². The van der Waals surface area contributed by atoms with Gasteiger partial charge in [0, 0.05) is 49.8 Å². The number of nitrogens with one attached hydrogen (secondary N) is 1. The number of likely N-dealkylation sites (tertiary alicyclic amines) is 1. The molecule has 1 amide bonds. The van der Waals surface area contributed by atoms with Gasteiger partial charge in [0.15, 0.2) is 0 Å². The van der Waals surface area contributed by atoms with Crippen molar-refractivity contribution in [3.05, 3.63) is 0 Å². The van der Waals surface area contributed by atoms with Crippen molar-refractivity contribution >= 4 is 17.7 Å². The van der Waals surface area contributed by atoms with Gasteiger partial charge in [0.1, 0.15) is 0 Å². The maximum absolute atomic E-state index is 12.5. The van der Waals surface area contributed by atoms with Gasteiger partial charge in [-0.1, -0.05) is 19.3 Å². The first-order chi connectivity index (χ1) is 11.2. The van der Waals surface area contributed by atoms with Gasteiger partial charge in [0.05, 0.1) is 6.04 Å². The zero-order chi connectivity index (χ0) is 16.1. The van der Waals surface area contributed by atoms with Crippen LogP contribution in [0.5, 0.6) is 0 Å². The van der Waals surface area contributed by atoms with Crippen LogP contribution in [0, 0.1) is 0 Å². The van der Waals surface area contributed by atoms with Gasteiger partial charge in [-0.25, -0.2) is 0 Å². The molecule has 3 fully saturated rings. The lowest BCUT2D eigenvalue weighted by molar-refractivity contribution is -0.132. The van der Waals surface area contributed by atoms with Crippen LogP contribution >= 0.6 is 11.8 Å². The number of rotatable bonds is 5. The van der Waals surface area contributed by atoms with E-state index in [1.807, 2.05) is 4.90 Å². The molecule has 2 heterocycles. The highest BCUT2D eigenvalue weighted by Gasteiger charge is 2.39.